The summed E-state index contributed by atoms with van der Waals surface area (Å²) in [4.78, 5) is 6.61. The van der Waals surface area contributed by atoms with Gasteiger partial charge in [-0.25, -0.2) is 0 Å². The molecule has 0 unspecified atom stereocenters. The summed E-state index contributed by atoms with van der Waals surface area (Å²) in [5, 5.41) is 12.2. The molecule has 0 aliphatic rings. The Morgan fingerprint density at radius 3 is 2.67 bits per heavy atom. The topological polar surface area (TPSA) is 84.0 Å². The van der Waals surface area contributed by atoms with Gasteiger partial charge in [0.2, 0.25) is 0 Å². The molecule has 3 N–H and O–H groups in total. The monoisotopic (exact) mass is 294 g/mol. The molecule has 6 heteroatoms. The number of rotatable bonds is 7. The molecule has 0 fully saturated rings. The predicted octanol–water partition coefficient (Wildman–Crippen LogP) is 1.90. The van der Waals surface area contributed by atoms with E-state index >= 15 is 0 Å². The maximum Gasteiger partial charge on any atom is 0.174 e. The molecule has 118 valence electrons. The summed E-state index contributed by atoms with van der Waals surface area (Å²) in [6, 6.07) is 1.97. The molecule has 1 aromatic heterocycles. The van der Waals surface area contributed by atoms with Gasteiger partial charge in [0.15, 0.2) is 5.84 Å². The summed E-state index contributed by atoms with van der Waals surface area (Å²) in [6.07, 6.45) is 0. The Bertz CT molecular complexity index is 501. The van der Waals surface area contributed by atoms with E-state index in [1.54, 1.807) is 7.11 Å². The number of methoxy groups -OCH3 is 1. The number of nitrogens with two attached hydrogens (primary N) is 1. The van der Waals surface area contributed by atoms with Crippen LogP contribution < -0.4 is 10.6 Å². The molecule has 1 rings (SSSR count). The van der Waals surface area contributed by atoms with Gasteiger partial charge >= 0.3 is 0 Å². The minimum atomic E-state index is 0.0844. The summed E-state index contributed by atoms with van der Waals surface area (Å²) in [7, 11) is 1.68. The highest BCUT2D eigenvalue weighted by atomic mass is 16.5. The average Bonchev–Trinajstić information content (AvgIpc) is 2.41. The van der Waals surface area contributed by atoms with Gasteiger partial charge in [0.1, 0.15) is 0 Å². The van der Waals surface area contributed by atoms with Gasteiger partial charge in [-0.3, -0.25) is 4.98 Å². The van der Waals surface area contributed by atoms with Crippen LogP contribution in [0.5, 0.6) is 0 Å². The Morgan fingerprint density at radius 1 is 1.48 bits per heavy atom. The van der Waals surface area contributed by atoms with E-state index in [0.29, 0.717) is 18.1 Å². The zero-order valence-electron chi connectivity index (χ0n) is 13.6. The summed E-state index contributed by atoms with van der Waals surface area (Å²) in [5.74, 6) is 0.567. The summed E-state index contributed by atoms with van der Waals surface area (Å²) >= 11 is 0. The molecule has 0 atom stereocenters. The first-order valence-corrected chi connectivity index (χ1v) is 7.10. The molecule has 0 aromatic carbocycles. The first-order chi connectivity index (χ1) is 9.90. The molecular weight excluding hydrogens is 268 g/mol. The highest BCUT2D eigenvalue weighted by Gasteiger charge is 2.19. The summed E-state index contributed by atoms with van der Waals surface area (Å²) in [5.41, 5.74) is 9.12. The number of aromatic nitrogens is 1. The molecule has 0 saturated carbocycles. The Labute approximate surface area is 126 Å². The second-order valence-corrected chi connectivity index (χ2v) is 5.56. The molecule has 1 aromatic rings. The number of nitrogens with zero attached hydrogens (tertiary/aromatic N) is 3. The van der Waals surface area contributed by atoms with E-state index < -0.39 is 0 Å². The van der Waals surface area contributed by atoms with Crippen molar-refractivity contribution in [3.8, 4) is 0 Å². The SMILES string of the molecule is COCCN(CC(C)C)c1cc(C)nc(C)c1/C(N)=N/O. The Kier molecular flexibility index (Phi) is 6.42. The Hall–Kier alpha value is -1.82. The lowest BCUT2D eigenvalue weighted by atomic mass is 10.1. The normalized spacial score (nSPS) is 12.0. The van der Waals surface area contributed by atoms with E-state index in [2.05, 4.69) is 28.9 Å². The van der Waals surface area contributed by atoms with Gasteiger partial charge in [-0.15, -0.1) is 0 Å². The fourth-order valence-electron chi connectivity index (χ4n) is 2.38. The lowest BCUT2D eigenvalue weighted by Gasteiger charge is -2.29. The van der Waals surface area contributed by atoms with E-state index in [4.69, 9.17) is 15.7 Å². The summed E-state index contributed by atoms with van der Waals surface area (Å²) < 4.78 is 5.19. The lowest BCUT2D eigenvalue weighted by molar-refractivity contribution is 0.204. The number of anilines is 1. The lowest BCUT2D eigenvalue weighted by Crippen LogP contribution is -2.33. The van der Waals surface area contributed by atoms with Gasteiger partial charge in [0, 0.05) is 25.9 Å². The van der Waals surface area contributed by atoms with Crippen LogP contribution in [-0.2, 0) is 4.74 Å². The van der Waals surface area contributed by atoms with Crippen molar-refractivity contribution in [1.29, 1.82) is 0 Å². The number of hydrogen-bond acceptors (Lipinski definition) is 5. The van der Waals surface area contributed by atoms with Gasteiger partial charge in [0.25, 0.3) is 0 Å². The van der Waals surface area contributed by atoms with Crippen LogP contribution >= 0.6 is 0 Å². The molecule has 0 aliphatic heterocycles. The Balaban J connectivity index is 3.33. The van der Waals surface area contributed by atoms with Gasteiger partial charge in [-0.2, -0.15) is 0 Å². The molecule has 0 bridgehead atoms. The second-order valence-electron chi connectivity index (χ2n) is 5.56. The van der Waals surface area contributed by atoms with E-state index in [-0.39, 0.29) is 5.84 Å². The second kappa shape index (κ2) is 7.83. The molecular formula is C15H26N4O2. The van der Waals surface area contributed by atoms with Crippen molar-refractivity contribution >= 4 is 11.5 Å². The molecule has 0 saturated heterocycles. The molecule has 0 spiro atoms. The number of aryl methyl sites for hydroxylation is 2. The molecule has 6 nitrogen and oxygen atoms in total. The minimum Gasteiger partial charge on any atom is -0.409 e. The van der Waals surface area contributed by atoms with Gasteiger partial charge in [0.05, 0.1) is 23.6 Å². The van der Waals surface area contributed by atoms with Crippen molar-refractivity contribution in [1.82, 2.24) is 4.98 Å². The maximum absolute atomic E-state index is 9.04. The first-order valence-electron chi connectivity index (χ1n) is 7.10. The van der Waals surface area contributed by atoms with Gasteiger partial charge < -0.3 is 20.6 Å². The first kappa shape index (κ1) is 17.2. The van der Waals surface area contributed by atoms with Crippen molar-refractivity contribution in [3.63, 3.8) is 0 Å². The third kappa shape index (κ3) is 4.60. The van der Waals surface area contributed by atoms with Crippen molar-refractivity contribution in [2.45, 2.75) is 27.7 Å². The van der Waals surface area contributed by atoms with E-state index in [1.165, 1.54) is 0 Å². The van der Waals surface area contributed by atoms with E-state index in [0.717, 1.165) is 30.2 Å². The maximum atomic E-state index is 9.04. The van der Waals surface area contributed by atoms with Crippen molar-refractivity contribution in [2.24, 2.45) is 16.8 Å². The van der Waals surface area contributed by atoms with Crippen molar-refractivity contribution in [3.05, 3.63) is 23.0 Å². The fourth-order valence-corrected chi connectivity index (χ4v) is 2.38. The smallest absolute Gasteiger partial charge is 0.174 e. The number of oxime groups is 1. The van der Waals surface area contributed by atoms with Gasteiger partial charge in [-0.05, 0) is 25.8 Å². The van der Waals surface area contributed by atoms with Crippen LogP contribution in [0.1, 0.15) is 30.8 Å². The molecule has 0 aliphatic carbocycles. The molecule has 0 radical (unpaired) electrons. The number of amidine groups is 1. The standard InChI is InChI=1S/C15H26N4O2/c1-10(2)9-19(6-7-21-5)13-8-11(3)17-12(4)14(13)15(16)18-20/h8,10,20H,6-7,9H2,1-5H3,(H2,16,18). The minimum absolute atomic E-state index is 0.0844. The van der Waals surface area contributed by atoms with Crippen LogP contribution in [0.4, 0.5) is 5.69 Å². The number of hydrogen-bond donors (Lipinski definition) is 2. The van der Waals surface area contributed by atoms with Crippen LogP contribution in [0.25, 0.3) is 0 Å². The molecule has 21 heavy (non-hydrogen) atoms. The number of pyridine rings is 1. The zero-order chi connectivity index (χ0) is 16.0. The third-order valence-corrected chi connectivity index (χ3v) is 3.16. The highest BCUT2D eigenvalue weighted by Crippen LogP contribution is 2.25. The Morgan fingerprint density at radius 2 is 2.14 bits per heavy atom. The highest BCUT2D eigenvalue weighted by molar-refractivity contribution is 6.03. The van der Waals surface area contributed by atoms with Crippen LogP contribution in [-0.4, -0.2) is 42.8 Å². The van der Waals surface area contributed by atoms with Crippen molar-refractivity contribution < 1.29 is 9.94 Å². The average molecular weight is 294 g/mol. The van der Waals surface area contributed by atoms with Crippen LogP contribution in [0.15, 0.2) is 11.2 Å². The van der Waals surface area contributed by atoms with E-state index in [9.17, 15) is 0 Å². The van der Waals surface area contributed by atoms with Crippen LogP contribution in [0.2, 0.25) is 0 Å². The third-order valence-electron chi connectivity index (χ3n) is 3.16. The molecule has 0 amide bonds. The van der Waals surface area contributed by atoms with Gasteiger partial charge in [-0.1, -0.05) is 19.0 Å². The predicted molar refractivity (Wildman–Crippen MR) is 85.1 cm³/mol. The van der Waals surface area contributed by atoms with E-state index in [1.807, 2.05) is 19.9 Å². The summed E-state index contributed by atoms with van der Waals surface area (Å²) in [6.45, 7) is 10.3. The van der Waals surface area contributed by atoms with Crippen LogP contribution in [0, 0.1) is 19.8 Å². The number of ether oxygens (including phenoxy) is 1. The largest absolute Gasteiger partial charge is 0.409 e. The quantitative estimate of drug-likeness (QED) is 0.347. The van der Waals surface area contributed by atoms with Crippen LogP contribution in [0.3, 0.4) is 0 Å². The van der Waals surface area contributed by atoms with Crippen molar-refractivity contribution in [2.75, 3.05) is 31.7 Å². The zero-order valence-corrected chi connectivity index (χ0v) is 13.6. The fraction of sp³-hybridized carbons (Fsp3) is 0.600. The molecule has 1 heterocycles.